The minimum Gasteiger partial charge on any atom is -0.385 e. The van der Waals surface area contributed by atoms with Crippen LogP contribution < -0.4 is 5.32 Å². The van der Waals surface area contributed by atoms with Crippen molar-refractivity contribution < 1.29 is 4.74 Å². The van der Waals surface area contributed by atoms with Gasteiger partial charge in [-0.15, -0.1) is 0 Å². The summed E-state index contributed by atoms with van der Waals surface area (Å²) in [6.45, 7) is 1.91. The molecule has 1 aliphatic carbocycles. The minimum absolute atomic E-state index is 0.552. The summed E-state index contributed by atoms with van der Waals surface area (Å²) in [7, 11) is 3.84. The van der Waals surface area contributed by atoms with Crippen molar-refractivity contribution in [3.8, 4) is 0 Å². The van der Waals surface area contributed by atoms with Crippen molar-refractivity contribution in [2.75, 3.05) is 20.8 Å². The second-order valence-electron chi connectivity index (χ2n) is 4.91. The number of hydrogen-bond acceptors (Lipinski definition) is 2. The second-order valence-corrected chi connectivity index (χ2v) is 4.91. The van der Waals surface area contributed by atoms with Gasteiger partial charge in [-0.05, 0) is 43.9 Å². The van der Waals surface area contributed by atoms with Crippen molar-refractivity contribution in [2.24, 2.45) is 0 Å². The molecule has 1 unspecified atom stereocenters. The number of aryl methyl sites for hydroxylation is 2. The van der Waals surface area contributed by atoms with Crippen molar-refractivity contribution >= 4 is 0 Å². The molecule has 0 aromatic carbocycles. The van der Waals surface area contributed by atoms with E-state index in [4.69, 9.17) is 4.74 Å². The number of ether oxygens (including phenoxy) is 1. The first kappa shape index (κ1) is 12.7. The summed E-state index contributed by atoms with van der Waals surface area (Å²) in [4.78, 5) is 0. The smallest absolute Gasteiger partial charge is 0.0479 e. The van der Waals surface area contributed by atoms with Gasteiger partial charge >= 0.3 is 0 Å². The molecule has 0 spiro atoms. The molecule has 0 aliphatic heterocycles. The van der Waals surface area contributed by atoms with E-state index in [1.54, 1.807) is 12.7 Å². The number of nitrogens with zero attached hydrogens (tertiary/aromatic N) is 1. The van der Waals surface area contributed by atoms with Crippen LogP contribution in [-0.4, -0.2) is 25.3 Å². The van der Waals surface area contributed by atoms with Gasteiger partial charge in [0, 0.05) is 38.7 Å². The SMILES string of the molecule is CNC1CCCCc2cn(CCCOC)cc21. The molecular formula is C14H24N2O. The first-order valence-electron chi connectivity index (χ1n) is 6.70. The van der Waals surface area contributed by atoms with Gasteiger partial charge in [-0.25, -0.2) is 0 Å². The Kier molecular flexibility index (Phi) is 4.63. The fraction of sp³-hybridized carbons (Fsp3) is 0.714. The highest BCUT2D eigenvalue weighted by Gasteiger charge is 2.18. The van der Waals surface area contributed by atoms with Crippen LogP contribution in [0.1, 0.15) is 42.9 Å². The fourth-order valence-corrected chi connectivity index (χ4v) is 2.74. The molecule has 0 fully saturated rings. The molecule has 1 atom stereocenters. The minimum atomic E-state index is 0.552. The monoisotopic (exact) mass is 236 g/mol. The summed E-state index contributed by atoms with van der Waals surface area (Å²) < 4.78 is 7.43. The lowest BCUT2D eigenvalue weighted by atomic mass is 10.1. The number of aromatic nitrogens is 1. The Balaban J connectivity index is 2.07. The lowest BCUT2D eigenvalue weighted by molar-refractivity contribution is 0.190. The van der Waals surface area contributed by atoms with E-state index in [2.05, 4.69) is 29.3 Å². The molecule has 3 heteroatoms. The molecule has 0 saturated carbocycles. The van der Waals surface area contributed by atoms with Gasteiger partial charge < -0.3 is 14.6 Å². The van der Waals surface area contributed by atoms with E-state index in [1.807, 2.05) is 0 Å². The van der Waals surface area contributed by atoms with Crippen LogP contribution in [-0.2, 0) is 17.7 Å². The fourth-order valence-electron chi connectivity index (χ4n) is 2.74. The largest absolute Gasteiger partial charge is 0.385 e. The van der Waals surface area contributed by atoms with Gasteiger partial charge in [0.1, 0.15) is 0 Å². The Bertz CT molecular complexity index is 346. The molecule has 1 heterocycles. The lowest BCUT2D eigenvalue weighted by Crippen LogP contribution is -2.15. The molecule has 0 bridgehead atoms. The molecule has 1 aliphatic rings. The van der Waals surface area contributed by atoms with Gasteiger partial charge in [-0.2, -0.15) is 0 Å². The highest BCUT2D eigenvalue weighted by atomic mass is 16.5. The Morgan fingerprint density at radius 1 is 1.41 bits per heavy atom. The average molecular weight is 236 g/mol. The van der Waals surface area contributed by atoms with E-state index in [1.165, 1.54) is 31.2 Å². The number of rotatable bonds is 5. The predicted molar refractivity (Wildman–Crippen MR) is 70.3 cm³/mol. The molecule has 1 N–H and O–H groups in total. The molecule has 0 amide bonds. The molecule has 96 valence electrons. The highest BCUT2D eigenvalue weighted by Crippen LogP contribution is 2.29. The first-order valence-corrected chi connectivity index (χ1v) is 6.70. The van der Waals surface area contributed by atoms with Crippen molar-refractivity contribution in [1.29, 1.82) is 0 Å². The summed E-state index contributed by atoms with van der Waals surface area (Å²) in [5.41, 5.74) is 3.06. The van der Waals surface area contributed by atoms with E-state index < -0.39 is 0 Å². The van der Waals surface area contributed by atoms with Crippen LogP contribution >= 0.6 is 0 Å². The van der Waals surface area contributed by atoms with Crippen LogP contribution in [0, 0.1) is 0 Å². The van der Waals surface area contributed by atoms with Crippen molar-refractivity contribution in [1.82, 2.24) is 9.88 Å². The molecule has 2 rings (SSSR count). The van der Waals surface area contributed by atoms with E-state index in [0.29, 0.717) is 6.04 Å². The molecule has 1 aromatic heterocycles. The number of hydrogen-bond donors (Lipinski definition) is 1. The zero-order valence-electron chi connectivity index (χ0n) is 11.0. The summed E-state index contributed by atoms with van der Waals surface area (Å²) in [6, 6.07) is 0.552. The third-order valence-corrected chi connectivity index (χ3v) is 3.67. The van der Waals surface area contributed by atoms with Gasteiger partial charge in [0.2, 0.25) is 0 Å². The van der Waals surface area contributed by atoms with Crippen LogP contribution in [0.15, 0.2) is 12.4 Å². The van der Waals surface area contributed by atoms with E-state index in [0.717, 1.165) is 19.6 Å². The highest BCUT2D eigenvalue weighted by molar-refractivity contribution is 5.29. The summed E-state index contributed by atoms with van der Waals surface area (Å²) >= 11 is 0. The molecular weight excluding hydrogens is 212 g/mol. The first-order chi connectivity index (χ1) is 8.35. The third-order valence-electron chi connectivity index (χ3n) is 3.67. The molecule has 0 radical (unpaired) electrons. The Morgan fingerprint density at radius 3 is 3.06 bits per heavy atom. The average Bonchev–Trinajstić information content (AvgIpc) is 2.64. The number of nitrogens with one attached hydrogen (secondary N) is 1. The van der Waals surface area contributed by atoms with Crippen molar-refractivity contribution in [2.45, 2.75) is 44.7 Å². The van der Waals surface area contributed by atoms with Gasteiger partial charge in [0.25, 0.3) is 0 Å². The molecule has 17 heavy (non-hydrogen) atoms. The maximum atomic E-state index is 5.10. The van der Waals surface area contributed by atoms with Crippen LogP contribution in [0.4, 0.5) is 0 Å². The maximum Gasteiger partial charge on any atom is 0.0479 e. The van der Waals surface area contributed by atoms with Crippen LogP contribution in [0.2, 0.25) is 0 Å². The quantitative estimate of drug-likeness (QED) is 0.628. The normalized spacial score (nSPS) is 20.0. The van der Waals surface area contributed by atoms with Gasteiger partial charge in [0.15, 0.2) is 0 Å². The van der Waals surface area contributed by atoms with E-state index in [9.17, 15) is 0 Å². The number of methoxy groups -OCH3 is 1. The van der Waals surface area contributed by atoms with Crippen LogP contribution in [0.3, 0.4) is 0 Å². The summed E-state index contributed by atoms with van der Waals surface area (Å²) in [5, 5.41) is 3.44. The van der Waals surface area contributed by atoms with Gasteiger partial charge in [-0.1, -0.05) is 6.42 Å². The lowest BCUT2D eigenvalue weighted by Gasteiger charge is -2.13. The van der Waals surface area contributed by atoms with Gasteiger partial charge in [-0.3, -0.25) is 0 Å². The van der Waals surface area contributed by atoms with E-state index in [-0.39, 0.29) is 0 Å². The Labute approximate surface area is 104 Å². The summed E-state index contributed by atoms with van der Waals surface area (Å²) in [5.74, 6) is 0. The Morgan fingerprint density at radius 2 is 2.29 bits per heavy atom. The molecule has 1 aromatic rings. The van der Waals surface area contributed by atoms with Crippen LogP contribution in [0.25, 0.3) is 0 Å². The third kappa shape index (κ3) is 3.11. The summed E-state index contributed by atoms with van der Waals surface area (Å²) in [6.07, 6.45) is 10.9. The Hall–Kier alpha value is -0.800. The maximum absolute atomic E-state index is 5.10. The zero-order chi connectivity index (χ0) is 12.1. The number of fused-ring (bicyclic) bond motifs is 1. The second kappa shape index (κ2) is 6.22. The van der Waals surface area contributed by atoms with Crippen LogP contribution in [0.5, 0.6) is 0 Å². The standard InChI is InChI=1S/C14H24N2O/c1-15-14-7-4-3-6-12-10-16(11-13(12)14)8-5-9-17-2/h10-11,14-15H,3-9H2,1-2H3. The predicted octanol–water partition coefficient (Wildman–Crippen LogP) is 2.51. The molecule has 3 nitrogen and oxygen atoms in total. The molecule has 0 saturated heterocycles. The van der Waals surface area contributed by atoms with Crippen molar-refractivity contribution in [3.05, 3.63) is 23.5 Å². The van der Waals surface area contributed by atoms with Crippen molar-refractivity contribution in [3.63, 3.8) is 0 Å². The zero-order valence-corrected chi connectivity index (χ0v) is 11.0. The topological polar surface area (TPSA) is 26.2 Å². The van der Waals surface area contributed by atoms with Gasteiger partial charge in [0.05, 0.1) is 0 Å². The van der Waals surface area contributed by atoms with E-state index >= 15 is 0 Å².